The van der Waals surface area contributed by atoms with Crippen molar-refractivity contribution in [3.8, 4) is 5.82 Å². The first kappa shape index (κ1) is 20.6. The maximum atomic E-state index is 12.0. The standard InChI is InChI=1S/C23H27N7O/c1-15-10-16(2)30(29-15)21-9-8-17(12-25-21)13-26-23(24-3)27-14-18-11-22(31)28-20-7-5-4-6-19(18)20/h4-10,12,18H,11,13-14H2,1-3H3,(H,28,31)(H2,24,26,27). The molecule has 1 atom stereocenters. The molecule has 1 amide bonds. The predicted molar refractivity (Wildman–Crippen MR) is 121 cm³/mol. The maximum Gasteiger partial charge on any atom is 0.225 e. The van der Waals surface area contributed by atoms with E-state index in [1.165, 1.54) is 0 Å². The number of carbonyl (C=O) groups is 1. The predicted octanol–water partition coefficient (Wildman–Crippen LogP) is 2.68. The van der Waals surface area contributed by atoms with Gasteiger partial charge in [-0.15, -0.1) is 0 Å². The van der Waals surface area contributed by atoms with Crippen molar-refractivity contribution in [2.45, 2.75) is 32.7 Å². The Bertz CT molecular complexity index is 1100. The highest BCUT2D eigenvalue weighted by atomic mass is 16.1. The molecule has 0 fully saturated rings. The zero-order valence-corrected chi connectivity index (χ0v) is 18.0. The molecule has 4 rings (SSSR count). The van der Waals surface area contributed by atoms with Gasteiger partial charge in [0.25, 0.3) is 0 Å². The average molecular weight is 418 g/mol. The highest BCUT2D eigenvalue weighted by Gasteiger charge is 2.24. The lowest BCUT2D eigenvalue weighted by atomic mass is 9.90. The lowest BCUT2D eigenvalue weighted by molar-refractivity contribution is -0.116. The first-order valence-electron chi connectivity index (χ1n) is 10.4. The van der Waals surface area contributed by atoms with Gasteiger partial charge in [0.05, 0.1) is 5.69 Å². The molecule has 2 aromatic heterocycles. The Labute approximate surface area is 181 Å². The van der Waals surface area contributed by atoms with Gasteiger partial charge in [-0.3, -0.25) is 9.79 Å². The summed E-state index contributed by atoms with van der Waals surface area (Å²) in [6.45, 7) is 5.20. The minimum Gasteiger partial charge on any atom is -0.356 e. The third-order valence-electron chi connectivity index (χ3n) is 5.34. The molecule has 0 saturated carbocycles. The first-order chi connectivity index (χ1) is 15.0. The van der Waals surface area contributed by atoms with Gasteiger partial charge in [-0.05, 0) is 43.2 Å². The number of amides is 1. The Morgan fingerprint density at radius 1 is 1.23 bits per heavy atom. The number of benzene rings is 1. The molecule has 160 valence electrons. The summed E-state index contributed by atoms with van der Waals surface area (Å²) in [5.74, 6) is 1.63. The Hall–Kier alpha value is -3.68. The summed E-state index contributed by atoms with van der Waals surface area (Å²) in [5.41, 5.74) is 5.10. The van der Waals surface area contributed by atoms with Crippen LogP contribution in [-0.2, 0) is 11.3 Å². The van der Waals surface area contributed by atoms with Crippen molar-refractivity contribution in [1.82, 2.24) is 25.4 Å². The number of aliphatic imine (C=N–C) groups is 1. The van der Waals surface area contributed by atoms with Gasteiger partial charge in [0.2, 0.25) is 5.91 Å². The summed E-state index contributed by atoms with van der Waals surface area (Å²) in [4.78, 5) is 20.9. The summed E-state index contributed by atoms with van der Waals surface area (Å²) in [7, 11) is 1.74. The number of para-hydroxylation sites is 1. The molecule has 0 saturated heterocycles. The second kappa shape index (κ2) is 8.99. The van der Waals surface area contributed by atoms with Crippen LogP contribution >= 0.6 is 0 Å². The van der Waals surface area contributed by atoms with Crippen LogP contribution in [-0.4, -0.2) is 40.2 Å². The van der Waals surface area contributed by atoms with Crippen LogP contribution < -0.4 is 16.0 Å². The van der Waals surface area contributed by atoms with E-state index in [2.05, 4.69) is 37.1 Å². The molecule has 0 bridgehead atoms. The number of aryl methyl sites for hydroxylation is 2. The molecular formula is C23H27N7O. The molecule has 1 aliphatic rings. The molecule has 3 N–H and O–H groups in total. The van der Waals surface area contributed by atoms with Gasteiger partial charge in [-0.25, -0.2) is 9.67 Å². The minimum atomic E-state index is 0.0437. The summed E-state index contributed by atoms with van der Waals surface area (Å²) in [5, 5.41) is 14.1. The molecule has 0 spiro atoms. The molecule has 8 heteroatoms. The number of hydrogen-bond acceptors (Lipinski definition) is 4. The SMILES string of the molecule is CN=C(NCc1ccc(-n2nc(C)cc2C)nc1)NCC1CC(=O)Nc2ccccc21. The van der Waals surface area contributed by atoms with E-state index in [-0.39, 0.29) is 11.8 Å². The van der Waals surface area contributed by atoms with Crippen molar-refractivity contribution >= 4 is 17.6 Å². The zero-order chi connectivity index (χ0) is 21.8. The van der Waals surface area contributed by atoms with Crippen LogP contribution in [0.25, 0.3) is 5.82 Å². The van der Waals surface area contributed by atoms with Crippen molar-refractivity contribution in [1.29, 1.82) is 0 Å². The van der Waals surface area contributed by atoms with Crippen LogP contribution in [0, 0.1) is 13.8 Å². The number of aromatic nitrogens is 3. The van der Waals surface area contributed by atoms with E-state index in [1.54, 1.807) is 7.05 Å². The first-order valence-corrected chi connectivity index (χ1v) is 10.4. The lowest BCUT2D eigenvalue weighted by Gasteiger charge is -2.26. The van der Waals surface area contributed by atoms with Gasteiger partial charge in [0.15, 0.2) is 11.8 Å². The second-order valence-corrected chi connectivity index (χ2v) is 7.71. The number of hydrogen-bond donors (Lipinski definition) is 3. The van der Waals surface area contributed by atoms with E-state index in [1.807, 2.05) is 61.1 Å². The molecule has 3 heterocycles. The van der Waals surface area contributed by atoms with E-state index in [0.29, 0.717) is 25.5 Å². The number of nitrogens with zero attached hydrogens (tertiary/aromatic N) is 4. The summed E-state index contributed by atoms with van der Waals surface area (Å²) in [6.07, 6.45) is 2.30. The number of carbonyl (C=O) groups excluding carboxylic acids is 1. The van der Waals surface area contributed by atoms with E-state index in [0.717, 1.165) is 34.0 Å². The van der Waals surface area contributed by atoms with Crippen molar-refractivity contribution in [2.75, 3.05) is 18.9 Å². The van der Waals surface area contributed by atoms with Crippen molar-refractivity contribution in [2.24, 2.45) is 4.99 Å². The van der Waals surface area contributed by atoms with Crippen molar-refractivity contribution in [3.05, 3.63) is 71.2 Å². The number of guanidine groups is 1. The Morgan fingerprint density at radius 2 is 2.06 bits per heavy atom. The fourth-order valence-corrected chi connectivity index (χ4v) is 3.82. The Morgan fingerprint density at radius 3 is 2.77 bits per heavy atom. The van der Waals surface area contributed by atoms with Crippen LogP contribution in [0.5, 0.6) is 0 Å². The summed E-state index contributed by atoms with van der Waals surface area (Å²) in [6, 6.07) is 14.0. The minimum absolute atomic E-state index is 0.0437. The molecule has 0 aliphatic carbocycles. The molecule has 0 radical (unpaired) electrons. The third-order valence-corrected chi connectivity index (χ3v) is 5.34. The number of anilines is 1. The highest BCUT2D eigenvalue weighted by molar-refractivity contribution is 5.94. The monoisotopic (exact) mass is 417 g/mol. The molecule has 1 unspecified atom stereocenters. The molecule has 3 aromatic rings. The highest BCUT2D eigenvalue weighted by Crippen LogP contribution is 2.31. The maximum absolute atomic E-state index is 12.0. The van der Waals surface area contributed by atoms with Gasteiger partial charge < -0.3 is 16.0 Å². The van der Waals surface area contributed by atoms with Gasteiger partial charge in [-0.2, -0.15) is 5.10 Å². The van der Waals surface area contributed by atoms with Crippen molar-refractivity contribution < 1.29 is 4.79 Å². The fourth-order valence-electron chi connectivity index (χ4n) is 3.82. The quantitative estimate of drug-likeness (QED) is 0.438. The van der Waals surface area contributed by atoms with E-state index in [9.17, 15) is 4.79 Å². The third kappa shape index (κ3) is 4.74. The van der Waals surface area contributed by atoms with Gasteiger partial charge in [0, 0.05) is 50.1 Å². The lowest BCUT2D eigenvalue weighted by Crippen LogP contribution is -2.40. The van der Waals surface area contributed by atoms with Crippen LogP contribution in [0.15, 0.2) is 53.7 Å². The molecule has 31 heavy (non-hydrogen) atoms. The summed E-state index contributed by atoms with van der Waals surface area (Å²) >= 11 is 0. The number of fused-ring (bicyclic) bond motifs is 1. The van der Waals surface area contributed by atoms with Crippen LogP contribution in [0.2, 0.25) is 0 Å². The molecular weight excluding hydrogens is 390 g/mol. The Balaban J connectivity index is 1.34. The summed E-state index contributed by atoms with van der Waals surface area (Å²) < 4.78 is 1.84. The largest absolute Gasteiger partial charge is 0.356 e. The van der Waals surface area contributed by atoms with Gasteiger partial charge in [0.1, 0.15) is 0 Å². The topological polar surface area (TPSA) is 96.2 Å². The smallest absolute Gasteiger partial charge is 0.225 e. The van der Waals surface area contributed by atoms with Gasteiger partial charge in [-0.1, -0.05) is 24.3 Å². The van der Waals surface area contributed by atoms with Crippen LogP contribution in [0.3, 0.4) is 0 Å². The molecule has 1 aromatic carbocycles. The normalized spacial score (nSPS) is 15.9. The van der Waals surface area contributed by atoms with E-state index >= 15 is 0 Å². The van der Waals surface area contributed by atoms with Crippen LogP contribution in [0.4, 0.5) is 5.69 Å². The second-order valence-electron chi connectivity index (χ2n) is 7.71. The number of rotatable bonds is 5. The average Bonchev–Trinajstić information content (AvgIpc) is 3.11. The van der Waals surface area contributed by atoms with Gasteiger partial charge >= 0.3 is 0 Å². The molecule has 1 aliphatic heterocycles. The van der Waals surface area contributed by atoms with Crippen LogP contribution in [0.1, 0.15) is 34.9 Å². The van der Waals surface area contributed by atoms with E-state index in [4.69, 9.17) is 0 Å². The Kier molecular flexibility index (Phi) is 5.97. The van der Waals surface area contributed by atoms with Crippen molar-refractivity contribution in [3.63, 3.8) is 0 Å². The fraction of sp³-hybridized carbons (Fsp3) is 0.304. The number of nitrogens with one attached hydrogen (secondary N) is 3. The molecule has 8 nitrogen and oxygen atoms in total. The number of pyridine rings is 1. The zero-order valence-electron chi connectivity index (χ0n) is 18.0. The van der Waals surface area contributed by atoms with E-state index < -0.39 is 0 Å².